The van der Waals surface area contributed by atoms with E-state index in [1.54, 1.807) is 0 Å². The molecule has 0 amide bonds. The minimum Gasteiger partial charge on any atom is -0.424 e. The van der Waals surface area contributed by atoms with E-state index < -0.39 is 0 Å². The van der Waals surface area contributed by atoms with E-state index >= 15 is 0 Å². The average Bonchev–Trinajstić information content (AvgIpc) is 2.88. The van der Waals surface area contributed by atoms with Crippen molar-refractivity contribution in [2.24, 2.45) is 0 Å². The van der Waals surface area contributed by atoms with E-state index in [4.69, 9.17) is 4.42 Å². The van der Waals surface area contributed by atoms with Crippen LogP contribution in [0.2, 0.25) is 0 Å². The van der Waals surface area contributed by atoms with Crippen LogP contribution >= 0.6 is 11.8 Å². The summed E-state index contributed by atoms with van der Waals surface area (Å²) in [5, 5.41) is 8.76. The number of nitrogens with zero attached hydrogens (tertiary/aromatic N) is 3. The van der Waals surface area contributed by atoms with Crippen molar-refractivity contribution in [2.75, 3.05) is 12.8 Å². The molecule has 0 N–H and O–H groups in total. The van der Waals surface area contributed by atoms with E-state index in [0.29, 0.717) is 11.9 Å². The van der Waals surface area contributed by atoms with Gasteiger partial charge >= 0.3 is 0 Å². The molecule has 0 aliphatic heterocycles. The number of thioether (sulfide) groups is 1. The molecule has 1 aliphatic carbocycles. The predicted molar refractivity (Wildman–Crippen MR) is 70.1 cm³/mol. The Morgan fingerprint density at radius 1 is 1.41 bits per heavy atom. The number of hydrogen-bond acceptors (Lipinski definition) is 5. The van der Waals surface area contributed by atoms with Crippen LogP contribution in [0.1, 0.15) is 38.0 Å². The fraction of sp³-hybridized carbons (Fsp3) is 0.833. The van der Waals surface area contributed by atoms with Gasteiger partial charge in [0, 0.05) is 18.2 Å². The zero-order valence-electron chi connectivity index (χ0n) is 10.8. The monoisotopic (exact) mass is 255 g/mol. The van der Waals surface area contributed by atoms with Crippen LogP contribution in [0.15, 0.2) is 4.42 Å². The first-order valence-corrected chi connectivity index (χ1v) is 7.34. The highest BCUT2D eigenvalue weighted by atomic mass is 32.2. The third kappa shape index (κ3) is 3.45. The standard InChI is InChI=1S/C12H21N3OS/c1-4-17-11-6-5-10(7-11)15(3)8-12-14-13-9(2)16-12/h10-11H,4-8H2,1-3H3/t10-,11-/m0/s1. The molecule has 5 heteroatoms. The molecule has 1 aromatic heterocycles. The molecule has 0 spiro atoms. The van der Waals surface area contributed by atoms with E-state index in [9.17, 15) is 0 Å². The van der Waals surface area contributed by atoms with Crippen molar-refractivity contribution in [3.63, 3.8) is 0 Å². The van der Waals surface area contributed by atoms with Gasteiger partial charge in [-0.05, 0) is 32.1 Å². The van der Waals surface area contributed by atoms with Crippen molar-refractivity contribution in [2.45, 2.75) is 50.9 Å². The third-order valence-electron chi connectivity index (χ3n) is 3.34. The van der Waals surface area contributed by atoms with Crippen LogP contribution in [0.25, 0.3) is 0 Å². The van der Waals surface area contributed by atoms with Gasteiger partial charge in [0.15, 0.2) is 0 Å². The van der Waals surface area contributed by atoms with Crippen molar-refractivity contribution in [1.82, 2.24) is 15.1 Å². The Labute approximate surface area is 107 Å². The van der Waals surface area contributed by atoms with Crippen LogP contribution in [-0.4, -0.2) is 39.2 Å². The highest BCUT2D eigenvalue weighted by Gasteiger charge is 2.28. The lowest BCUT2D eigenvalue weighted by molar-refractivity contribution is 0.214. The van der Waals surface area contributed by atoms with Crippen molar-refractivity contribution in [3.8, 4) is 0 Å². The number of aryl methyl sites for hydroxylation is 1. The molecule has 2 rings (SSSR count). The maximum absolute atomic E-state index is 5.42. The molecule has 0 bridgehead atoms. The van der Waals surface area contributed by atoms with Crippen LogP contribution in [0, 0.1) is 6.92 Å². The molecular weight excluding hydrogens is 234 g/mol. The molecule has 96 valence electrons. The third-order valence-corrected chi connectivity index (χ3v) is 4.57. The van der Waals surface area contributed by atoms with Gasteiger partial charge in [-0.3, -0.25) is 4.90 Å². The molecule has 4 nitrogen and oxygen atoms in total. The Bertz CT molecular complexity index is 355. The van der Waals surface area contributed by atoms with Crippen molar-refractivity contribution >= 4 is 11.8 Å². The summed E-state index contributed by atoms with van der Waals surface area (Å²) in [6.45, 7) is 4.85. The summed E-state index contributed by atoms with van der Waals surface area (Å²) in [5.41, 5.74) is 0. The Balaban J connectivity index is 1.82. The van der Waals surface area contributed by atoms with E-state index in [1.165, 1.54) is 25.0 Å². The van der Waals surface area contributed by atoms with Gasteiger partial charge in [0.1, 0.15) is 0 Å². The quantitative estimate of drug-likeness (QED) is 0.808. The molecule has 17 heavy (non-hydrogen) atoms. The van der Waals surface area contributed by atoms with Crippen LogP contribution in [0.5, 0.6) is 0 Å². The molecule has 1 aromatic rings. The largest absolute Gasteiger partial charge is 0.424 e. The first-order valence-electron chi connectivity index (χ1n) is 6.30. The Morgan fingerprint density at radius 3 is 2.88 bits per heavy atom. The van der Waals surface area contributed by atoms with Crippen LogP contribution in [-0.2, 0) is 6.54 Å². The topological polar surface area (TPSA) is 42.2 Å². The van der Waals surface area contributed by atoms with Gasteiger partial charge in [0.2, 0.25) is 11.8 Å². The molecule has 1 aliphatic rings. The Hall–Kier alpha value is -0.550. The van der Waals surface area contributed by atoms with Gasteiger partial charge in [-0.1, -0.05) is 6.92 Å². The fourth-order valence-electron chi connectivity index (χ4n) is 2.45. The molecule has 0 saturated heterocycles. The summed E-state index contributed by atoms with van der Waals surface area (Å²) in [5.74, 6) is 2.61. The lowest BCUT2D eigenvalue weighted by atomic mass is 10.2. The number of aromatic nitrogens is 2. The first kappa shape index (κ1) is 12.9. The van der Waals surface area contributed by atoms with Gasteiger partial charge in [0.25, 0.3) is 0 Å². The molecule has 2 atom stereocenters. The molecule has 1 fully saturated rings. The van der Waals surface area contributed by atoms with E-state index in [2.05, 4.69) is 40.8 Å². The van der Waals surface area contributed by atoms with Crippen LogP contribution in [0.4, 0.5) is 0 Å². The van der Waals surface area contributed by atoms with Crippen molar-refractivity contribution in [1.29, 1.82) is 0 Å². The van der Waals surface area contributed by atoms with Gasteiger partial charge in [-0.25, -0.2) is 0 Å². The van der Waals surface area contributed by atoms with Gasteiger partial charge in [0.05, 0.1) is 6.54 Å². The molecule has 0 unspecified atom stereocenters. The van der Waals surface area contributed by atoms with Crippen LogP contribution in [0.3, 0.4) is 0 Å². The predicted octanol–water partition coefficient (Wildman–Crippen LogP) is 2.48. The zero-order chi connectivity index (χ0) is 12.3. The normalized spacial score (nSPS) is 24.7. The van der Waals surface area contributed by atoms with Crippen molar-refractivity contribution in [3.05, 3.63) is 11.8 Å². The second kappa shape index (κ2) is 5.87. The fourth-order valence-corrected chi connectivity index (χ4v) is 3.58. The van der Waals surface area contributed by atoms with E-state index in [1.807, 2.05) is 6.92 Å². The summed E-state index contributed by atoms with van der Waals surface area (Å²) in [6.07, 6.45) is 3.93. The smallest absolute Gasteiger partial charge is 0.230 e. The van der Waals surface area contributed by atoms with Crippen molar-refractivity contribution < 1.29 is 4.42 Å². The van der Waals surface area contributed by atoms with Gasteiger partial charge in [-0.15, -0.1) is 10.2 Å². The van der Waals surface area contributed by atoms with Gasteiger partial charge in [-0.2, -0.15) is 11.8 Å². The summed E-state index contributed by atoms with van der Waals surface area (Å²) in [7, 11) is 2.16. The lowest BCUT2D eigenvalue weighted by Gasteiger charge is -2.22. The number of hydrogen-bond donors (Lipinski definition) is 0. The minimum absolute atomic E-state index is 0.652. The second-order valence-electron chi connectivity index (χ2n) is 4.67. The molecule has 1 saturated carbocycles. The zero-order valence-corrected chi connectivity index (χ0v) is 11.7. The molecule has 1 heterocycles. The molecule has 0 aromatic carbocycles. The summed E-state index contributed by atoms with van der Waals surface area (Å²) < 4.78 is 5.42. The maximum atomic E-state index is 5.42. The Kier molecular flexibility index (Phi) is 4.45. The van der Waals surface area contributed by atoms with Gasteiger partial charge < -0.3 is 4.42 Å². The first-order chi connectivity index (χ1) is 8.19. The minimum atomic E-state index is 0.652. The highest BCUT2D eigenvalue weighted by molar-refractivity contribution is 7.99. The average molecular weight is 255 g/mol. The lowest BCUT2D eigenvalue weighted by Crippen LogP contribution is -2.29. The summed E-state index contributed by atoms with van der Waals surface area (Å²) in [4.78, 5) is 2.35. The summed E-state index contributed by atoms with van der Waals surface area (Å²) in [6, 6.07) is 0.672. The van der Waals surface area contributed by atoms with E-state index in [0.717, 1.165) is 17.7 Å². The summed E-state index contributed by atoms with van der Waals surface area (Å²) >= 11 is 2.09. The second-order valence-corrected chi connectivity index (χ2v) is 6.25. The SMILES string of the molecule is CCS[C@H]1CC[C@H](N(C)Cc2nnc(C)o2)C1. The Morgan fingerprint density at radius 2 is 2.24 bits per heavy atom. The number of rotatable bonds is 5. The highest BCUT2D eigenvalue weighted by Crippen LogP contribution is 2.32. The van der Waals surface area contributed by atoms with E-state index in [-0.39, 0.29) is 0 Å². The van der Waals surface area contributed by atoms with Crippen LogP contribution < -0.4 is 0 Å². The maximum Gasteiger partial charge on any atom is 0.230 e. The molecular formula is C12H21N3OS. The molecule has 0 radical (unpaired) electrons.